The summed E-state index contributed by atoms with van der Waals surface area (Å²) in [6.45, 7) is 1.14. The smallest absolute Gasteiger partial charge is 0.266 e. The molecule has 0 aliphatic carbocycles. The molecule has 1 atom stereocenters. The van der Waals surface area contributed by atoms with Crippen LogP contribution >= 0.6 is 15.9 Å². The van der Waals surface area contributed by atoms with Crippen molar-refractivity contribution in [3.8, 4) is 0 Å². The average molecular weight is 489 g/mol. The minimum Gasteiger partial charge on any atom is -0.369 e. The van der Waals surface area contributed by atoms with Crippen molar-refractivity contribution in [2.24, 2.45) is 18.7 Å². The van der Waals surface area contributed by atoms with E-state index in [1.807, 2.05) is 4.90 Å². The van der Waals surface area contributed by atoms with Gasteiger partial charge in [0.25, 0.3) is 5.56 Å². The van der Waals surface area contributed by atoms with E-state index in [-0.39, 0.29) is 29.8 Å². The third-order valence-corrected chi connectivity index (χ3v) is 5.82. The Hall–Kier alpha value is -3.28. The number of hydrogen-bond donors (Lipinski definition) is 2. The highest BCUT2D eigenvalue weighted by Crippen LogP contribution is 2.22. The molecule has 2 amide bonds. The number of pyridine rings is 1. The first-order chi connectivity index (χ1) is 14.8. The van der Waals surface area contributed by atoms with Gasteiger partial charge in [0.2, 0.25) is 11.8 Å². The molecular weight excluding hydrogens is 468 g/mol. The number of nitrogens with two attached hydrogens (primary N) is 1. The molecule has 4 heterocycles. The third-order valence-electron chi connectivity index (χ3n) is 5.26. The van der Waals surface area contributed by atoms with Gasteiger partial charge in [-0.2, -0.15) is 5.10 Å². The zero-order valence-corrected chi connectivity index (χ0v) is 18.4. The quantitative estimate of drug-likeness (QED) is 0.536. The Kier molecular flexibility index (Phi) is 5.72. The Labute approximate surface area is 185 Å². The third kappa shape index (κ3) is 4.29. The van der Waals surface area contributed by atoms with Crippen LogP contribution in [0.25, 0.3) is 11.0 Å². The second kappa shape index (κ2) is 8.46. The van der Waals surface area contributed by atoms with Gasteiger partial charge in [-0.3, -0.25) is 19.0 Å². The minimum absolute atomic E-state index is 0.181. The summed E-state index contributed by atoms with van der Waals surface area (Å²) in [4.78, 5) is 47.2. The lowest BCUT2D eigenvalue weighted by atomic mass is 9.97. The second-order valence-electron chi connectivity index (χ2n) is 7.43. The number of piperidine rings is 1. The van der Waals surface area contributed by atoms with Gasteiger partial charge in [0, 0.05) is 20.1 Å². The highest BCUT2D eigenvalue weighted by atomic mass is 79.9. The summed E-state index contributed by atoms with van der Waals surface area (Å²) in [5.74, 6) is -0.144. The summed E-state index contributed by atoms with van der Waals surface area (Å²) in [5, 5.41) is 7.17. The summed E-state index contributed by atoms with van der Waals surface area (Å²) in [7, 11) is 1.69. The summed E-state index contributed by atoms with van der Waals surface area (Å²) < 4.78 is 3.10. The molecule has 3 aromatic heterocycles. The van der Waals surface area contributed by atoms with Gasteiger partial charge in [0.15, 0.2) is 5.65 Å². The van der Waals surface area contributed by atoms with E-state index in [2.05, 4.69) is 36.3 Å². The number of amides is 2. The first-order valence-corrected chi connectivity index (χ1v) is 10.5. The highest BCUT2D eigenvalue weighted by molar-refractivity contribution is 9.10. The van der Waals surface area contributed by atoms with Crippen molar-refractivity contribution in [3.63, 3.8) is 0 Å². The van der Waals surface area contributed by atoms with Crippen molar-refractivity contribution in [1.82, 2.24) is 24.3 Å². The number of anilines is 2. The topological polar surface area (TPSA) is 141 Å². The van der Waals surface area contributed by atoms with E-state index in [9.17, 15) is 14.4 Å². The minimum atomic E-state index is -0.385. The molecule has 0 saturated carbocycles. The summed E-state index contributed by atoms with van der Waals surface area (Å²) >= 11 is 3.25. The van der Waals surface area contributed by atoms with E-state index >= 15 is 0 Å². The van der Waals surface area contributed by atoms with Crippen molar-refractivity contribution in [2.75, 3.05) is 23.3 Å². The molecule has 1 unspecified atom stereocenters. The molecule has 1 aliphatic rings. The number of halogens is 1. The molecule has 0 radical (unpaired) electrons. The number of nitrogens with one attached hydrogen (secondary N) is 1. The summed E-state index contributed by atoms with van der Waals surface area (Å²) in [6.07, 6.45) is 4.53. The van der Waals surface area contributed by atoms with E-state index in [1.54, 1.807) is 25.4 Å². The Balaban J connectivity index is 1.43. The molecule has 12 heteroatoms. The van der Waals surface area contributed by atoms with Gasteiger partial charge in [-0.1, -0.05) is 0 Å². The van der Waals surface area contributed by atoms with Crippen LogP contribution in [-0.2, 0) is 23.2 Å². The van der Waals surface area contributed by atoms with Crippen molar-refractivity contribution in [3.05, 3.63) is 39.6 Å². The van der Waals surface area contributed by atoms with Gasteiger partial charge in [0.05, 0.1) is 17.8 Å². The second-order valence-corrected chi connectivity index (χ2v) is 8.18. The number of carbonyl (C=O) groups is 2. The van der Waals surface area contributed by atoms with Gasteiger partial charge in [-0.05, 0) is 40.9 Å². The molecule has 31 heavy (non-hydrogen) atoms. The van der Waals surface area contributed by atoms with Crippen LogP contribution in [0, 0.1) is 5.92 Å². The Morgan fingerprint density at radius 3 is 2.84 bits per heavy atom. The zero-order chi connectivity index (χ0) is 22.1. The fraction of sp³-hybridized carbons (Fsp3) is 0.368. The maximum absolute atomic E-state index is 12.7. The van der Waals surface area contributed by atoms with Crippen LogP contribution in [0.3, 0.4) is 0 Å². The zero-order valence-electron chi connectivity index (χ0n) is 16.8. The standard InChI is InChI=1S/C19H21BrN8O3/c1-26-18-15(16(20)25-26)19(31)28(10-23-18)9-14(29)24-12-4-5-13(22-7-12)27-6-2-3-11(8-27)17(21)30/h4-5,7,10-11H,2-3,6,8-9H2,1H3,(H2,21,30)(H,24,29). The van der Waals surface area contributed by atoms with E-state index < -0.39 is 0 Å². The number of carbonyl (C=O) groups excluding carboxylic acids is 2. The number of aromatic nitrogens is 5. The number of aryl methyl sites for hydroxylation is 1. The fourth-order valence-corrected chi connectivity index (χ4v) is 4.25. The molecular formula is C19H21BrN8O3. The van der Waals surface area contributed by atoms with Crippen LogP contribution in [0.2, 0.25) is 0 Å². The van der Waals surface area contributed by atoms with Crippen LogP contribution in [0.1, 0.15) is 12.8 Å². The molecule has 11 nitrogen and oxygen atoms in total. The molecule has 0 aromatic carbocycles. The number of hydrogen-bond acceptors (Lipinski definition) is 7. The number of nitrogens with zero attached hydrogens (tertiary/aromatic N) is 6. The molecule has 1 saturated heterocycles. The maximum Gasteiger partial charge on any atom is 0.266 e. The van der Waals surface area contributed by atoms with Gasteiger partial charge in [0.1, 0.15) is 28.7 Å². The first-order valence-electron chi connectivity index (χ1n) is 9.71. The number of rotatable bonds is 5. The van der Waals surface area contributed by atoms with Gasteiger partial charge < -0.3 is 16.0 Å². The van der Waals surface area contributed by atoms with E-state index in [0.29, 0.717) is 27.9 Å². The SMILES string of the molecule is Cn1nc(Br)c2c(=O)n(CC(=O)Nc3ccc(N4CCCC(C(N)=O)C4)nc3)cnc21. The van der Waals surface area contributed by atoms with E-state index in [1.165, 1.54) is 15.6 Å². The van der Waals surface area contributed by atoms with Crippen LogP contribution < -0.4 is 21.5 Å². The lowest BCUT2D eigenvalue weighted by molar-refractivity contribution is -0.122. The van der Waals surface area contributed by atoms with E-state index in [4.69, 9.17) is 5.73 Å². The molecule has 162 valence electrons. The predicted octanol–water partition coefficient (Wildman–Crippen LogP) is 0.628. The predicted molar refractivity (Wildman–Crippen MR) is 117 cm³/mol. The summed E-state index contributed by atoms with van der Waals surface area (Å²) in [5.41, 5.74) is 6.01. The molecule has 4 rings (SSSR count). The average Bonchev–Trinajstić information content (AvgIpc) is 3.04. The Morgan fingerprint density at radius 1 is 1.32 bits per heavy atom. The van der Waals surface area contributed by atoms with Crippen molar-refractivity contribution < 1.29 is 9.59 Å². The highest BCUT2D eigenvalue weighted by Gasteiger charge is 2.24. The van der Waals surface area contributed by atoms with Gasteiger partial charge in [-0.15, -0.1) is 0 Å². The van der Waals surface area contributed by atoms with Crippen LogP contribution in [0.15, 0.2) is 34.1 Å². The Morgan fingerprint density at radius 2 is 2.13 bits per heavy atom. The van der Waals surface area contributed by atoms with E-state index in [0.717, 1.165) is 25.2 Å². The molecule has 3 aromatic rings. The van der Waals surface area contributed by atoms with Gasteiger partial charge in [-0.25, -0.2) is 14.6 Å². The normalized spacial score (nSPS) is 16.5. The largest absolute Gasteiger partial charge is 0.369 e. The maximum atomic E-state index is 12.7. The van der Waals surface area contributed by atoms with Crippen molar-refractivity contribution in [1.29, 1.82) is 0 Å². The number of fused-ring (bicyclic) bond motifs is 1. The van der Waals surface area contributed by atoms with Crippen molar-refractivity contribution in [2.45, 2.75) is 19.4 Å². The Bertz CT molecular complexity index is 1200. The number of primary amides is 1. The fourth-order valence-electron chi connectivity index (χ4n) is 3.67. The van der Waals surface area contributed by atoms with Crippen LogP contribution in [0.5, 0.6) is 0 Å². The monoisotopic (exact) mass is 488 g/mol. The molecule has 1 aliphatic heterocycles. The van der Waals surface area contributed by atoms with Crippen molar-refractivity contribution >= 4 is 50.3 Å². The lowest BCUT2D eigenvalue weighted by Gasteiger charge is -2.32. The van der Waals surface area contributed by atoms with Crippen LogP contribution in [-0.4, -0.2) is 49.2 Å². The van der Waals surface area contributed by atoms with Crippen LogP contribution in [0.4, 0.5) is 11.5 Å². The molecule has 0 bridgehead atoms. The lowest BCUT2D eigenvalue weighted by Crippen LogP contribution is -2.41. The van der Waals surface area contributed by atoms with Gasteiger partial charge >= 0.3 is 0 Å². The molecule has 1 fully saturated rings. The molecule has 0 spiro atoms. The first kappa shape index (κ1) is 21.0. The summed E-state index contributed by atoms with van der Waals surface area (Å²) in [6, 6.07) is 3.52. The molecule has 3 N–H and O–H groups in total.